The van der Waals surface area contributed by atoms with Gasteiger partial charge in [-0.25, -0.2) is 0 Å². The van der Waals surface area contributed by atoms with E-state index < -0.39 is 0 Å². The van der Waals surface area contributed by atoms with E-state index in [1.165, 1.54) is 6.21 Å². The van der Waals surface area contributed by atoms with Crippen molar-refractivity contribution in [2.45, 2.75) is 20.3 Å². The molecule has 0 fully saturated rings. The van der Waals surface area contributed by atoms with Crippen molar-refractivity contribution in [3.8, 4) is 11.5 Å². The number of ether oxygens (including phenoxy) is 2. The van der Waals surface area contributed by atoms with Gasteiger partial charge in [-0.2, -0.15) is 0 Å². The quantitative estimate of drug-likeness (QED) is 0.548. The fourth-order valence-corrected chi connectivity index (χ4v) is 2.21. The molecule has 6 nitrogen and oxygen atoms in total. The number of oxime groups is 1. The molecule has 0 aliphatic rings. The van der Waals surface area contributed by atoms with Crippen molar-refractivity contribution in [3.05, 3.63) is 53.6 Å². The summed E-state index contributed by atoms with van der Waals surface area (Å²) in [4.78, 5) is 16.9. The lowest BCUT2D eigenvalue weighted by atomic mass is 10.2. The van der Waals surface area contributed by atoms with Gasteiger partial charge in [0.05, 0.1) is 19.9 Å². The Kier molecular flexibility index (Phi) is 7.49. The third-order valence-electron chi connectivity index (χ3n) is 3.42. The lowest BCUT2D eigenvalue weighted by molar-refractivity contribution is -0.120. The maximum absolute atomic E-state index is 11.8. The standard InChI is InChI=1S/C20H24N2O4/c1-4-10-25-18-9-8-16(12-19(18)24-3)13-21-26-14-20(23)22-17-7-5-6-15(2)11-17/h5-9,11-13H,4,10,14H2,1-3H3,(H,22,23). The van der Waals surface area contributed by atoms with Crippen molar-refractivity contribution < 1.29 is 19.1 Å². The number of nitrogens with one attached hydrogen (secondary N) is 1. The van der Waals surface area contributed by atoms with E-state index in [0.717, 1.165) is 23.2 Å². The molecular weight excluding hydrogens is 332 g/mol. The Morgan fingerprint density at radius 1 is 1.19 bits per heavy atom. The average molecular weight is 356 g/mol. The van der Waals surface area contributed by atoms with Crippen LogP contribution >= 0.6 is 0 Å². The van der Waals surface area contributed by atoms with Crippen molar-refractivity contribution in [1.82, 2.24) is 0 Å². The maximum atomic E-state index is 11.8. The van der Waals surface area contributed by atoms with E-state index in [2.05, 4.69) is 10.5 Å². The van der Waals surface area contributed by atoms with Gasteiger partial charge in [0, 0.05) is 11.3 Å². The van der Waals surface area contributed by atoms with Crippen LogP contribution in [0.3, 0.4) is 0 Å². The third kappa shape index (κ3) is 6.12. The Labute approximate surface area is 153 Å². The molecule has 2 rings (SSSR count). The zero-order valence-corrected chi connectivity index (χ0v) is 15.3. The van der Waals surface area contributed by atoms with Gasteiger partial charge in [-0.3, -0.25) is 4.79 Å². The van der Waals surface area contributed by atoms with Gasteiger partial charge < -0.3 is 19.6 Å². The molecule has 0 heterocycles. The second kappa shape index (κ2) is 10.1. The Bertz CT molecular complexity index is 759. The molecular formula is C20H24N2O4. The van der Waals surface area contributed by atoms with Gasteiger partial charge in [-0.15, -0.1) is 0 Å². The van der Waals surface area contributed by atoms with E-state index in [9.17, 15) is 4.79 Å². The van der Waals surface area contributed by atoms with Crippen LogP contribution in [0.1, 0.15) is 24.5 Å². The molecule has 0 radical (unpaired) electrons. The first kappa shape index (κ1) is 19.3. The summed E-state index contributed by atoms with van der Waals surface area (Å²) in [7, 11) is 1.58. The van der Waals surface area contributed by atoms with Gasteiger partial charge in [0.25, 0.3) is 5.91 Å². The SMILES string of the molecule is CCCOc1ccc(C=NOCC(=O)Nc2cccc(C)c2)cc1OC. The lowest BCUT2D eigenvalue weighted by Crippen LogP contribution is -2.16. The largest absolute Gasteiger partial charge is 0.493 e. The van der Waals surface area contributed by atoms with Crippen LogP contribution in [0.2, 0.25) is 0 Å². The van der Waals surface area contributed by atoms with Gasteiger partial charge in [0.2, 0.25) is 0 Å². The molecule has 0 atom stereocenters. The van der Waals surface area contributed by atoms with Crippen LogP contribution in [0.15, 0.2) is 47.6 Å². The minimum atomic E-state index is -0.270. The summed E-state index contributed by atoms with van der Waals surface area (Å²) < 4.78 is 10.9. The number of nitrogens with zero attached hydrogens (tertiary/aromatic N) is 1. The smallest absolute Gasteiger partial charge is 0.265 e. The number of methoxy groups -OCH3 is 1. The van der Waals surface area contributed by atoms with Crippen molar-refractivity contribution in [1.29, 1.82) is 0 Å². The molecule has 138 valence electrons. The summed E-state index contributed by atoms with van der Waals surface area (Å²) in [5.74, 6) is 1.04. The van der Waals surface area contributed by atoms with E-state index in [-0.39, 0.29) is 12.5 Å². The van der Waals surface area contributed by atoms with Crippen LogP contribution in [0.5, 0.6) is 11.5 Å². The predicted molar refractivity (Wildman–Crippen MR) is 102 cm³/mol. The van der Waals surface area contributed by atoms with Crippen LogP contribution in [-0.4, -0.2) is 32.4 Å². The summed E-state index contributed by atoms with van der Waals surface area (Å²) in [6.45, 7) is 4.46. The van der Waals surface area contributed by atoms with Crippen molar-refractivity contribution in [3.63, 3.8) is 0 Å². The normalized spacial score (nSPS) is 10.6. The number of carbonyl (C=O) groups excluding carboxylic acids is 1. The number of hydrogen-bond donors (Lipinski definition) is 1. The summed E-state index contributed by atoms with van der Waals surface area (Å²) in [6.07, 6.45) is 2.44. The van der Waals surface area contributed by atoms with Gasteiger partial charge >= 0.3 is 0 Å². The molecule has 2 aromatic rings. The number of rotatable bonds is 9. The van der Waals surface area contributed by atoms with Crippen molar-refractivity contribution >= 4 is 17.8 Å². The molecule has 1 amide bonds. The highest BCUT2D eigenvalue weighted by Crippen LogP contribution is 2.27. The number of aryl methyl sites for hydroxylation is 1. The highest BCUT2D eigenvalue weighted by atomic mass is 16.6. The zero-order valence-electron chi connectivity index (χ0n) is 15.3. The van der Waals surface area contributed by atoms with Gasteiger partial charge in [-0.05, 0) is 49.2 Å². The Hall–Kier alpha value is -3.02. The Morgan fingerprint density at radius 3 is 2.77 bits per heavy atom. The molecule has 26 heavy (non-hydrogen) atoms. The molecule has 6 heteroatoms. The first-order valence-corrected chi connectivity index (χ1v) is 8.45. The molecule has 0 bridgehead atoms. The molecule has 0 aliphatic heterocycles. The van der Waals surface area contributed by atoms with Gasteiger partial charge in [0.15, 0.2) is 18.1 Å². The van der Waals surface area contributed by atoms with Crippen molar-refractivity contribution in [2.75, 3.05) is 25.6 Å². The monoisotopic (exact) mass is 356 g/mol. The first-order valence-electron chi connectivity index (χ1n) is 8.45. The Morgan fingerprint density at radius 2 is 2.04 bits per heavy atom. The van der Waals surface area contributed by atoms with E-state index in [0.29, 0.717) is 18.1 Å². The van der Waals surface area contributed by atoms with E-state index in [1.54, 1.807) is 13.2 Å². The van der Waals surface area contributed by atoms with Crippen LogP contribution in [0.25, 0.3) is 0 Å². The summed E-state index contributed by atoms with van der Waals surface area (Å²) in [6, 6.07) is 13.0. The lowest BCUT2D eigenvalue weighted by Gasteiger charge is -2.10. The van der Waals surface area contributed by atoms with Crippen LogP contribution in [-0.2, 0) is 9.63 Å². The van der Waals surface area contributed by atoms with Crippen LogP contribution < -0.4 is 14.8 Å². The van der Waals surface area contributed by atoms with E-state index >= 15 is 0 Å². The zero-order chi connectivity index (χ0) is 18.8. The van der Waals surface area contributed by atoms with Crippen molar-refractivity contribution in [2.24, 2.45) is 5.16 Å². The van der Waals surface area contributed by atoms with Crippen LogP contribution in [0, 0.1) is 6.92 Å². The summed E-state index contributed by atoms with van der Waals surface area (Å²) in [5.41, 5.74) is 2.59. The molecule has 0 saturated carbocycles. The minimum absolute atomic E-state index is 0.167. The molecule has 0 saturated heterocycles. The molecule has 0 aromatic heterocycles. The predicted octanol–water partition coefficient (Wildman–Crippen LogP) is 3.78. The number of amides is 1. The highest BCUT2D eigenvalue weighted by Gasteiger charge is 2.05. The molecule has 0 unspecified atom stereocenters. The first-order chi connectivity index (χ1) is 12.6. The number of hydrogen-bond acceptors (Lipinski definition) is 5. The second-order valence-corrected chi connectivity index (χ2v) is 5.68. The summed E-state index contributed by atoms with van der Waals surface area (Å²) >= 11 is 0. The van der Waals surface area contributed by atoms with Crippen LogP contribution in [0.4, 0.5) is 5.69 Å². The molecule has 1 N–H and O–H groups in total. The minimum Gasteiger partial charge on any atom is -0.493 e. The van der Waals surface area contributed by atoms with E-state index in [1.807, 2.05) is 50.2 Å². The topological polar surface area (TPSA) is 69.2 Å². The van der Waals surface area contributed by atoms with Gasteiger partial charge in [0.1, 0.15) is 0 Å². The molecule has 0 aliphatic carbocycles. The maximum Gasteiger partial charge on any atom is 0.265 e. The second-order valence-electron chi connectivity index (χ2n) is 5.68. The molecule has 2 aromatic carbocycles. The average Bonchev–Trinajstić information content (AvgIpc) is 2.64. The highest BCUT2D eigenvalue weighted by molar-refractivity contribution is 5.91. The third-order valence-corrected chi connectivity index (χ3v) is 3.42. The Balaban J connectivity index is 1.85. The van der Waals surface area contributed by atoms with Gasteiger partial charge in [-0.1, -0.05) is 24.2 Å². The number of anilines is 1. The fraction of sp³-hybridized carbons (Fsp3) is 0.300. The number of carbonyl (C=O) groups is 1. The molecule has 0 spiro atoms. The summed E-state index contributed by atoms with van der Waals surface area (Å²) in [5, 5.41) is 6.58. The number of benzene rings is 2. The fourth-order valence-electron chi connectivity index (χ4n) is 2.21. The van der Waals surface area contributed by atoms with E-state index in [4.69, 9.17) is 14.3 Å².